The van der Waals surface area contributed by atoms with Gasteiger partial charge < -0.3 is 4.42 Å². The Balaban J connectivity index is 1.73. The van der Waals surface area contributed by atoms with Crippen LogP contribution in [-0.2, 0) is 6.54 Å². The number of allylic oxidation sites excluding steroid dienone is 1. The van der Waals surface area contributed by atoms with Crippen molar-refractivity contribution in [3.8, 4) is 11.4 Å². The highest BCUT2D eigenvalue weighted by atomic mass is 32.2. The third kappa shape index (κ3) is 3.10. The topological polar surface area (TPSA) is 86.9 Å². The zero-order valence-electron chi connectivity index (χ0n) is 14.1. The molecule has 4 rings (SSSR count). The summed E-state index contributed by atoms with van der Waals surface area (Å²) in [5.74, 6) is 0.840. The fourth-order valence-corrected chi connectivity index (χ4v) is 3.35. The summed E-state index contributed by atoms with van der Waals surface area (Å²) in [6.07, 6.45) is 0.531. The van der Waals surface area contributed by atoms with E-state index in [2.05, 4.69) is 32.1 Å². The van der Waals surface area contributed by atoms with Crippen molar-refractivity contribution in [3.63, 3.8) is 0 Å². The van der Waals surface area contributed by atoms with Crippen LogP contribution in [0.2, 0.25) is 0 Å². The molecule has 4 heterocycles. The van der Waals surface area contributed by atoms with Gasteiger partial charge in [-0.05, 0) is 36.9 Å². The highest BCUT2D eigenvalue weighted by Gasteiger charge is 2.20. The molecule has 4 aromatic rings. The van der Waals surface area contributed by atoms with Gasteiger partial charge in [-0.25, -0.2) is 8.78 Å². The van der Waals surface area contributed by atoms with E-state index in [4.69, 9.17) is 4.42 Å². The fourth-order valence-electron chi connectivity index (χ4n) is 2.55. The van der Waals surface area contributed by atoms with Crippen LogP contribution >= 0.6 is 11.8 Å². The van der Waals surface area contributed by atoms with Gasteiger partial charge in [0.2, 0.25) is 5.82 Å². The average Bonchev–Trinajstić information content (AvgIpc) is 3.34. The van der Waals surface area contributed by atoms with Gasteiger partial charge >= 0.3 is 0 Å². The SMILES string of the molecule is C=CCn1c(Sc2ccc3nnc(C(F)F)n3n2)nnc1-c1ccoc1C. The molecule has 0 aliphatic heterocycles. The maximum Gasteiger partial charge on any atom is 0.299 e. The Kier molecular flexibility index (Phi) is 4.44. The van der Waals surface area contributed by atoms with Gasteiger partial charge in [-0.3, -0.25) is 4.57 Å². The third-order valence-corrected chi connectivity index (χ3v) is 4.69. The monoisotopic (exact) mass is 389 g/mol. The summed E-state index contributed by atoms with van der Waals surface area (Å²) in [6, 6.07) is 5.05. The maximum atomic E-state index is 13.0. The van der Waals surface area contributed by atoms with Crippen molar-refractivity contribution < 1.29 is 13.2 Å². The first-order chi connectivity index (χ1) is 13.1. The summed E-state index contributed by atoms with van der Waals surface area (Å²) >= 11 is 1.20. The molecule has 138 valence electrons. The van der Waals surface area contributed by atoms with Gasteiger partial charge in [-0.1, -0.05) is 6.08 Å². The molecule has 27 heavy (non-hydrogen) atoms. The fraction of sp³-hybridized carbons (Fsp3) is 0.188. The molecule has 0 bridgehead atoms. The van der Waals surface area contributed by atoms with Crippen molar-refractivity contribution in [2.45, 2.75) is 30.1 Å². The van der Waals surface area contributed by atoms with Crippen molar-refractivity contribution >= 4 is 17.4 Å². The van der Waals surface area contributed by atoms with Crippen LogP contribution in [0.5, 0.6) is 0 Å². The van der Waals surface area contributed by atoms with Gasteiger partial charge in [0.1, 0.15) is 10.8 Å². The Bertz CT molecular complexity index is 1120. The van der Waals surface area contributed by atoms with Gasteiger partial charge in [-0.2, -0.15) is 9.61 Å². The maximum absolute atomic E-state index is 13.0. The lowest BCUT2D eigenvalue weighted by Crippen LogP contribution is -2.02. The first-order valence-corrected chi connectivity index (χ1v) is 8.67. The molecule has 0 aliphatic carbocycles. The number of aromatic nitrogens is 7. The predicted octanol–water partition coefficient (Wildman–Crippen LogP) is 3.56. The molecule has 0 radical (unpaired) electrons. The third-order valence-electron chi connectivity index (χ3n) is 3.78. The van der Waals surface area contributed by atoms with Gasteiger partial charge in [0.15, 0.2) is 16.6 Å². The standard InChI is InChI=1S/C16H13F2N7OS/c1-3-7-24-14(10-6-8-26-9(10)2)20-22-16(24)27-12-5-4-11-19-21-15(13(17)18)25(11)23-12/h3-6,8,13H,1,7H2,2H3. The Hall–Kier alpha value is -3.08. The molecule has 0 aromatic carbocycles. The molecule has 8 nitrogen and oxygen atoms in total. The van der Waals surface area contributed by atoms with Gasteiger partial charge in [0.05, 0.1) is 11.8 Å². The van der Waals surface area contributed by atoms with Gasteiger partial charge in [0.25, 0.3) is 6.43 Å². The number of hydrogen-bond donors (Lipinski definition) is 0. The van der Waals surface area contributed by atoms with E-state index in [0.717, 1.165) is 15.8 Å². The number of nitrogens with zero attached hydrogens (tertiary/aromatic N) is 7. The first-order valence-electron chi connectivity index (χ1n) is 7.85. The van der Waals surface area contributed by atoms with Crippen LogP contribution in [0.15, 0.2) is 51.7 Å². The number of aryl methyl sites for hydroxylation is 1. The van der Waals surface area contributed by atoms with Crippen LogP contribution in [0.4, 0.5) is 8.78 Å². The van der Waals surface area contributed by atoms with Crippen LogP contribution in [0.25, 0.3) is 17.0 Å². The lowest BCUT2D eigenvalue weighted by Gasteiger charge is -2.07. The van der Waals surface area contributed by atoms with E-state index in [1.54, 1.807) is 24.5 Å². The molecule has 0 saturated heterocycles. The van der Waals surface area contributed by atoms with Crippen LogP contribution in [0.3, 0.4) is 0 Å². The van der Waals surface area contributed by atoms with E-state index in [9.17, 15) is 8.78 Å². The molecule has 0 amide bonds. The Morgan fingerprint density at radius 2 is 2.07 bits per heavy atom. The van der Waals surface area contributed by atoms with E-state index in [1.807, 2.05) is 17.6 Å². The number of fused-ring (bicyclic) bond motifs is 1. The van der Waals surface area contributed by atoms with E-state index in [-0.39, 0.29) is 5.65 Å². The molecule has 11 heteroatoms. The van der Waals surface area contributed by atoms with E-state index in [0.29, 0.717) is 22.6 Å². The molecule has 4 aromatic heterocycles. The van der Waals surface area contributed by atoms with Crippen LogP contribution in [0.1, 0.15) is 18.0 Å². The minimum atomic E-state index is -2.77. The van der Waals surface area contributed by atoms with E-state index >= 15 is 0 Å². The zero-order chi connectivity index (χ0) is 19.0. The van der Waals surface area contributed by atoms with Gasteiger partial charge in [-0.15, -0.1) is 27.0 Å². The minimum Gasteiger partial charge on any atom is -0.469 e. The normalized spacial score (nSPS) is 11.6. The second-order valence-corrected chi connectivity index (χ2v) is 6.49. The number of hydrogen-bond acceptors (Lipinski definition) is 7. The Morgan fingerprint density at radius 3 is 2.78 bits per heavy atom. The average molecular weight is 389 g/mol. The predicted molar refractivity (Wildman–Crippen MR) is 92.5 cm³/mol. The number of alkyl halides is 2. The number of rotatable bonds is 6. The van der Waals surface area contributed by atoms with Crippen LogP contribution < -0.4 is 0 Å². The molecular weight excluding hydrogens is 376 g/mol. The Labute approximate surface area is 155 Å². The molecule has 0 N–H and O–H groups in total. The zero-order valence-corrected chi connectivity index (χ0v) is 14.9. The largest absolute Gasteiger partial charge is 0.469 e. The smallest absolute Gasteiger partial charge is 0.299 e. The second-order valence-electron chi connectivity index (χ2n) is 5.50. The van der Waals surface area contributed by atoms with Crippen molar-refractivity contribution in [3.05, 3.63) is 48.7 Å². The quantitative estimate of drug-likeness (QED) is 0.466. The summed E-state index contributed by atoms with van der Waals surface area (Å²) in [6.45, 7) is 6.07. The lowest BCUT2D eigenvalue weighted by atomic mass is 10.2. The molecule has 0 spiro atoms. The molecule has 0 unspecified atom stereocenters. The van der Waals surface area contributed by atoms with Crippen molar-refractivity contribution in [1.82, 2.24) is 34.6 Å². The van der Waals surface area contributed by atoms with Gasteiger partial charge in [0, 0.05) is 6.54 Å². The highest BCUT2D eigenvalue weighted by Crippen LogP contribution is 2.30. The first kappa shape index (κ1) is 17.3. The highest BCUT2D eigenvalue weighted by molar-refractivity contribution is 7.99. The summed E-state index contributed by atoms with van der Waals surface area (Å²) in [5.41, 5.74) is 1.07. The summed E-state index contributed by atoms with van der Waals surface area (Å²) in [5, 5.41) is 20.8. The molecule has 0 atom stereocenters. The summed E-state index contributed by atoms with van der Waals surface area (Å²) in [7, 11) is 0. The second kappa shape index (κ2) is 6.91. The molecule has 0 aliphatic rings. The van der Waals surface area contributed by atoms with Crippen molar-refractivity contribution in [1.29, 1.82) is 0 Å². The Morgan fingerprint density at radius 1 is 1.22 bits per heavy atom. The molecule has 0 saturated carbocycles. The molecular formula is C16H13F2N7OS. The number of furan rings is 1. The van der Waals surface area contributed by atoms with E-state index < -0.39 is 12.2 Å². The van der Waals surface area contributed by atoms with Crippen molar-refractivity contribution in [2.75, 3.05) is 0 Å². The lowest BCUT2D eigenvalue weighted by molar-refractivity contribution is 0.137. The van der Waals surface area contributed by atoms with Crippen LogP contribution in [-0.4, -0.2) is 34.6 Å². The van der Waals surface area contributed by atoms with Crippen LogP contribution in [0, 0.1) is 6.92 Å². The minimum absolute atomic E-state index is 0.247. The van der Waals surface area contributed by atoms with E-state index in [1.165, 1.54) is 11.8 Å². The van der Waals surface area contributed by atoms with Crippen molar-refractivity contribution in [2.24, 2.45) is 0 Å². The summed E-state index contributed by atoms with van der Waals surface area (Å²) in [4.78, 5) is 0. The summed E-state index contributed by atoms with van der Waals surface area (Å²) < 4.78 is 34.3. The number of halogens is 2. The molecule has 0 fully saturated rings.